The van der Waals surface area contributed by atoms with Crippen LogP contribution >= 0.6 is 15.9 Å². The number of hydrogen-bond donors (Lipinski definition) is 2. The molecular formula is C12H13BrN2O3. The van der Waals surface area contributed by atoms with Crippen LogP contribution in [-0.2, 0) is 9.59 Å². The molecule has 0 radical (unpaired) electrons. The normalized spacial score (nSPS) is 16.8. The van der Waals surface area contributed by atoms with Crippen LogP contribution in [0.25, 0.3) is 0 Å². The zero-order chi connectivity index (χ0) is 13.3. The second kappa shape index (κ2) is 4.68. The zero-order valence-electron chi connectivity index (χ0n) is 9.86. The van der Waals surface area contributed by atoms with Crippen molar-refractivity contribution in [3.63, 3.8) is 0 Å². The van der Waals surface area contributed by atoms with E-state index in [2.05, 4.69) is 26.2 Å². The van der Waals surface area contributed by atoms with Gasteiger partial charge < -0.3 is 10.4 Å². The standard InChI is InChI=1S/C12H13BrN2O3/c1-7-8(13)3-4-9(14-7)15-10(16)12(11(17)18)5-2-6-12/h3-4H,2,5-6H2,1H3,(H,17,18)(H,14,15,16). The summed E-state index contributed by atoms with van der Waals surface area (Å²) in [6, 6.07) is 3.41. The van der Waals surface area contributed by atoms with E-state index in [-0.39, 0.29) is 0 Å². The number of nitrogens with one attached hydrogen (secondary N) is 1. The first kappa shape index (κ1) is 13.0. The quantitative estimate of drug-likeness (QED) is 0.840. The SMILES string of the molecule is Cc1nc(NC(=O)C2(C(=O)O)CCC2)ccc1Br. The third-order valence-corrected chi connectivity index (χ3v) is 4.15. The molecule has 0 unspecified atom stereocenters. The smallest absolute Gasteiger partial charge is 0.319 e. The van der Waals surface area contributed by atoms with E-state index in [4.69, 9.17) is 5.11 Å². The molecule has 0 aliphatic heterocycles. The Kier molecular flexibility index (Phi) is 3.38. The summed E-state index contributed by atoms with van der Waals surface area (Å²) < 4.78 is 0.845. The molecular weight excluding hydrogens is 300 g/mol. The summed E-state index contributed by atoms with van der Waals surface area (Å²) in [5.74, 6) is -1.15. The minimum absolute atomic E-state index is 0.383. The Morgan fingerprint density at radius 1 is 1.44 bits per heavy atom. The predicted molar refractivity (Wildman–Crippen MR) is 69.2 cm³/mol. The average Bonchev–Trinajstić information content (AvgIpc) is 2.21. The molecule has 2 rings (SSSR count). The second-order valence-corrected chi connectivity index (χ2v) is 5.31. The van der Waals surface area contributed by atoms with E-state index in [9.17, 15) is 9.59 Å². The minimum Gasteiger partial charge on any atom is -0.480 e. The number of nitrogens with zero attached hydrogens (tertiary/aromatic N) is 1. The first-order chi connectivity index (χ1) is 8.45. The highest BCUT2D eigenvalue weighted by molar-refractivity contribution is 9.10. The third kappa shape index (κ3) is 2.12. The number of amides is 1. The summed E-state index contributed by atoms with van der Waals surface area (Å²) in [5.41, 5.74) is -0.520. The zero-order valence-corrected chi connectivity index (χ0v) is 11.5. The number of rotatable bonds is 3. The van der Waals surface area contributed by atoms with E-state index < -0.39 is 17.3 Å². The van der Waals surface area contributed by atoms with Gasteiger partial charge in [-0.2, -0.15) is 0 Å². The lowest BCUT2D eigenvalue weighted by Gasteiger charge is -2.35. The monoisotopic (exact) mass is 312 g/mol. The van der Waals surface area contributed by atoms with Crippen LogP contribution in [0.2, 0.25) is 0 Å². The van der Waals surface area contributed by atoms with Gasteiger partial charge >= 0.3 is 5.97 Å². The maximum Gasteiger partial charge on any atom is 0.319 e. The molecule has 0 atom stereocenters. The topological polar surface area (TPSA) is 79.3 Å². The lowest BCUT2D eigenvalue weighted by atomic mass is 9.68. The van der Waals surface area contributed by atoms with Gasteiger partial charge in [0.2, 0.25) is 5.91 Å². The van der Waals surface area contributed by atoms with Crippen LogP contribution in [0, 0.1) is 12.3 Å². The summed E-state index contributed by atoms with van der Waals surface area (Å²) in [6.07, 6.45) is 1.56. The van der Waals surface area contributed by atoms with Crippen molar-refractivity contribution in [2.45, 2.75) is 26.2 Å². The second-order valence-electron chi connectivity index (χ2n) is 4.46. The van der Waals surface area contributed by atoms with E-state index in [1.54, 1.807) is 19.1 Å². The fraction of sp³-hybridized carbons (Fsp3) is 0.417. The van der Waals surface area contributed by atoms with Gasteiger partial charge in [-0.05, 0) is 47.8 Å². The van der Waals surface area contributed by atoms with Gasteiger partial charge in [0.05, 0.1) is 5.69 Å². The fourth-order valence-electron chi connectivity index (χ4n) is 1.92. The van der Waals surface area contributed by atoms with Crippen molar-refractivity contribution in [2.24, 2.45) is 5.41 Å². The van der Waals surface area contributed by atoms with E-state index in [1.165, 1.54) is 0 Å². The summed E-state index contributed by atoms with van der Waals surface area (Å²) in [6.45, 7) is 1.80. The molecule has 96 valence electrons. The molecule has 6 heteroatoms. The van der Waals surface area contributed by atoms with Gasteiger partial charge in [0.1, 0.15) is 11.2 Å². The molecule has 1 aliphatic carbocycles. The summed E-state index contributed by atoms with van der Waals surface area (Å²) in [7, 11) is 0. The third-order valence-electron chi connectivity index (χ3n) is 3.31. The minimum atomic E-state index is -1.26. The number of aliphatic carboxylic acids is 1. The van der Waals surface area contributed by atoms with Crippen molar-refractivity contribution >= 4 is 33.6 Å². The van der Waals surface area contributed by atoms with Crippen LogP contribution in [-0.4, -0.2) is 22.0 Å². The molecule has 1 fully saturated rings. The van der Waals surface area contributed by atoms with Crippen molar-refractivity contribution in [1.82, 2.24) is 4.98 Å². The van der Waals surface area contributed by atoms with E-state index in [0.717, 1.165) is 16.6 Å². The van der Waals surface area contributed by atoms with E-state index >= 15 is 0 Å². The molecule has 1 aliphatic rings. The van der Waals surface area contributed by atoms with Gasteiger partial charge in [-0.3, -0.25) is 9.59 Å². The van der Waals surface area contributed by atoms with Gasteiger partial charge in [0.25, 0.3) is 0 Å². The van der Waals surface area contributed by atoms with Crippen molar-refractivity contribution in [2.75, 3.05) is 5.32 Å². The molecule has 1 amide bonds. The van der Waals surface area contributed by atoms with Crippen LogP contribution in [0.1, 0.15) is 25.0 Å². The van der Waals surface area contributed by atoms with Crippen molar-refractivity contribution < 1.29 is 14.7 Å². The van der Waals surface area contributed by atoms with Crippen LogP contribution in [0.5, 0.6) is 0 Å². The lowest BCUT2D eigenvalue weighted by Crippen LogP contribution is -2.48. The van der Waals surface area contributed by atoms with Crippen LogP contribution in [0.3, 0.4) is 0 Å². The molecule has 0 bridgehead atoms. The first-order valence-electron chi connectivity index (χ1n) is 5.64. The summed E-state index contributed by atoms with van der Waals surface area (Å²) >= 11 is 3.31. The highest BCUT2D eigenvalue weighted by Crippen LogP contribution is 2.42. The highest BCUT2D eigenvalue weighted by Gasteiger charge is 2.51. The number of aromatic nitrogens is 1. The number of aryl methyl sites for hydroxylation is 1. The number of anilines is 1. The maximum atomic E-state index is 12.0. The average molecular weight is 313 g/mol. The number of hydrogen-bond acceptors (Lipinski definition) is 3. The fourth-order valence-corrected chi connectivity index (χ4v) is 2.14. The molecule has 1 aromatic rings. The van der Waals surface area contributed by atoms with E-state index in [1.807, 2.05) is 0 Å². The number of carboxylic acids is 1. The number of carbonyl (C=O) groups is 2. The number of carboxylic acid groups (broad SMARTS) is 1. The van der Waals surface area contributed by atoms with Crippen LogP contribution in [0.4, 0.5) is 5.82 Å². The Balaban J connectivity index is 2.16. The largest absolute Gasteiger partial charge is 0.480 e. The molecule has 0 spiro atoms. The summed E-state index contributed by atoms with van der Waals surface area (Å²) in [5, 5.41) is 11.7. The molecule has 2 N–H and O–H groups in total. The van der Waals surface area contributed by atoms with Gasteiger partial charge in [0, 0.05) is 4.47 Å². The van der Waals surface area contributed by atoms with Crippen molar-refractivity contribution in [3.05, 3.63) is 22.3 Å². The van der Waals surface area contributed by atoms with Gasteiger partial charge in [-0.25, -0.2) is 4.98 Å². The molecule has 0 saturated heterocycles. The van der Waals surface area contributed by atoms with Gasteiger partial charge in [0.15, 0.2) is 0 Å². The summed E-state index contributed by atoms with van der Waals surface area (Å²) in [4.78, 5) is 27.4. The predicted octanol–water partition coefficient (Wildman–Crippen LogP) is 2.35. The van der Waals surface area contributed by atoms with Crippen LogP contribution < -0.4 is 5.32 Å². The Bertz CT molecular complexity index is 512. The molecule has 0 aromatic carbocycles. The Morgan fingerprint density at radius 2 is 2.11 bits per heavy atom. The molecule has 1 saturated carbocycles. The van der Waals surface area contributed by atoms with Gasteiger partial charge in [-0.1, -0.05) is 6.42 Å². The molecule has 1 heterocycles. The molecule has 1 aromatic heterocycles. The van der Waals surface area contributed by atoms with Crippen molar-refractivity contribution in [3.8, 4) is 0 Å². The Labute approximate surface area is 113 Å². The Hall–Kier alpha value is -1.43. The number of halogens is 1. The van der Waals surface area contributed by atoms with Crippen molar-refractivity contribution in [1.29, 1.82) is 0 Å². The maximum absolute atomic E-state index is 12.0. The number of pyridine rings is 1. The van der Waals surface area contributed by atoms with E-state index in [0.29, 0.717) is 18.7 Å². The number of carbonyl (C=O) groups excluding carboxylic acids is 1. The molecule has 18 heavy (non-hydrogen) atoms. The first-order valence-corrected chi connectivity index (χ1v) is 6.43. The highest BCUT2D eigenvalue weighted by atomic mass is 79.9. The van der Waals surface area contributed by atoms with Gasteiger partial charge in [-0.15, -0.1) is 0 Å². The Morgan fingerprint density at radius 3 is 2.56 bits per heavy atom. The molecule has 5 nitrogen and oxygen atoms in total. The van der Waals surface area contributed by atoms with Crippen LogP contribution in [0.15, 0.2) is 16.6 Å². The lowest BCUT2D eigenvalue weighted by molar-refractivity contribution is -0.159.